The van der Waals surface area contributed by atoms with Crippen molar-refractivity contribution in [3.63, 3.8) is 0 Å². The highest BCUT2D eigenvalue weighted by atomic mass is 16.1. The van der Waals surface area contributed by atoms with Gasteiger partial charge in [0, 0.05) is 17.2 Å². The summed E-state index contributed by atoms with van der Waals surface area (Å²) in [7, 11) is 0. The Morgan fingerprint density at radius 2 is 1.92 bits per heavy atom. The number of H-pyrrole nitrogens is 2. The Balaban J connectivity index is 1.61. The fraction of sp³-hybridized carbons (Fsp3) is 0.167. The van der Waals surface area contributed by atoms with Crippen molar-refractivity contribution in [2.45, 2.75) is 19.8 Å². The second-order valence-electron chi connectivity index (χ2n) is 6.10. The molecule has 2 aromatic carbocycles. The van der Waals surface area contributed by atoms with Crippen LogP contribution in [0.15, 0.2) is 42.7 Å². The van der Waals surface area contributed by atoms with E-state index in [0.717, 1.165) is 33.6 Å². The number of hydrogen-bond donors (Lipinski definition) is 3. The summed E-state index contributed by atoms with van der Waals surface area (Å²) in [5, 5.41) is 2.92. The fourth-order valence-corrected chi connectivity index (χ4v) is 2.66. The lowest BCUT2D eigenvalue weighted by atomic mass is 10.2. The van der Waals surface area contributed by atoms with Gasteiger partial charge < -0.3 is 15.3 Å². The van der Waals surface area contributed by atoms with Gasteiger partial charge in [0.05, 0.1) is 28.4 Å². The number of nitrogens with zero attached hydrogens (tertiary/aromatic N) is 2. The average Bonchev–Trinajstić information content (AvgIpc) is 3.20. The molecule has 120 valence electrons. The molecular formula is C18H17N5O. The quantitative estimate of drug-likeness (QED) is 0.536. The Bertz CT molecular complexity index is 1040. The van der Waals surface area contributed by atoms with Crippen LogP contribution >= 0.6 is 0 Å². The van der Waals surface area contributed by atoms with Crippen molar-refractivity contribution in [1.29, 1.82) is 0 Å². The largest absolute Gasteiger partial charge is 0.345 e. The lowest BCUT2D eigenvalue weighted by Crippen LogP contribution is -2.11. The van der Waals surface area contributed by atoms with E-state index in [0.29, 0.717) is 11.5 Å². The van der Waals surface area contributed by atoms with Gasteiger partial charge in [-0.2, -0.15) is 0 Å². The molecule has 0 aliphatic carbocycles. The van der Waals surface area contributed by atoms with Gasteiger partial charge in [-0.3, -0.25) is 4.79 Å². The third kappa shape index (κ3) is 2.52. The van der Waals surface area contributed by atoms with E-state index in [1.807, 2.05) is 24.3 Å². The number of nitrogens with one attached hydrogen (secondary N) is 3. The molecule has 4 rings (SSSR count). The van der Waals surface area contributed by atoms with E-state index in [9.17, 15) is 4.79 Å². The SMILES string of the molecule is CC(C)c1nc2ccc(NC(=O)c3ccc4nc[nH]c4c3)cc2[nH]1. The van der Waals surface area contributed by atoms with Crippen molar-refractivity contribution in [3.05, 3.63) is 54.1 Å². The average molecular weight is 319 g/mol. The summed E-state index contributed by atoms with van der Waals surface area (Å²) in [6.07, 6.45) is 1.62. The molecule has 3 N–H and O–H groups in total. The highest BCUT2D eigenvalue weighted by Gasteiger charge is 2.10. The molecule has 4 aromatic rings. The molecular weight excluding hydrogens is 302 g/mol. The summed E-state index contributed by atoms with van der Waals surface area (Å²) < 4.78 is 0. The van der Waals surface area contributed by atoms with E-state index in [2.05, 4.69) is 39.1 Å². The van der Waals surface area contributed by atoms with E-state index < -0.39 is 0 Å². The number of fused-ring (bicyclic) bond motifs is 2. The number of benzene rings is 2. The zero-order valence-electron chi connectivity index (χ0n) is 13.4. The van der Waals surface area contributed by atoms with Gasteiger partial charge in [0.1, 0.15) is 5.82 Å². The molecule has 6 nitrogen and oxygen atoms in total. The minimum atomic E-state index is -0.158. The first-order valence-electron chi connectivity index (χ1n) is 7.84. The van der Waals surface area contributed by atoms with Crippen LogP contribution < -0.4 is 5.32 Å². The van der Waals surface area contributed by atoms with Crippen LogP contribution in [0.1, 0.15) is 35.9 Å². The number of carbonyl (C=O) groups excluding carboxylic acids is 1. The lowest BCUT2D eigenvalue weighted by Gasteiger charge is -2.05. The van der Waals surface area contributed by atoms with Crippen molar-refractivity contribution >= 4 is 33.7 Å². The van der Waals surface area contributed by atoms with Crippen LogP contribution in [0, 0.1) is 0 Å². The number of carbonyl (C=O) groups is 1. The van der Waals surface area contributed by atoms with Crippen LogP contribution in [0.25, 0.3) is 22.1 Å². The smallest absolute Gasteiger partial charge is 0.255 e. The van der Waals surface area contributed by atoms with Gasteiger partial charge in [-0.1, -0.05) is 13.8 Å². The molecule has 0 unspecified atom stereocenters. The molecule has 2 aromatic heterocycles. The first-order valence-corrected chi connectivity index (χ1v) is 7.84. The Labute approximate surface area is 138 Å². The zero-order valence-corrected chi connectivity index (χ0v) is 13.4. The number of imidazole rings is 2. The second-order valence-corrected chi connectivity index (χ2v) is 6.10. The number of anilines is 1. The first kappa shape index (κ1) is 14.4. The first-order chi connectivity index (χ1) is 11.6. The minimum absolute atomic E-state index is 0.158. The predicted octanol–water partition coefficient (Wildman–Crippen LogP) is 3.81. The maximum atomic E-state index is 12.5. The van der Waals surface area contributed by atoms with E-state index in [4.69, 9.17) is 0 Å². The molecule has 0 aliphatic heterocycles. The fourth-order valence-electron chi connectivity index (χ4n) is 2.66. The number of rotatable bonds is 3. The van der Waals surface area contributed by atoms with Gasteiger partial charge in [0.2, 0.25) is 0 Å². The molecule has 0 spiro atoms. The summed E-state index contributed by atoms with van der Waals surface area (Å²) >= 11 is 0. The molecule has 0 radical (unpaired) electrons. The summed E-state index contributed by atoms with van der Waals surface area (Å²) in [6.45, 7) is 4.18. The van der Waals surface area contributed by atoms with Gasteiger partial charge in [-0.15, -0.1) is 0 Å². The van der Waals surface area contributed by atoms with Gasteiger partial charge in [0.25, 0.3) is 5.91 Å². The normalized spacial score (nSPS) is 11.5. The number of aromatic amines is 2. The van der Waals surface area contributed by atoms with Crippen LogP contribution in [0.5, 0.6) is 0 Å². The Hall–Kier alpha value is -3.15. The van der Waals surface area contributed by atoms with Crippen molar-refractivity contribution in [2.24, 2.45) is 0 Å². The summed E-state index contributed by atoms with van der Waals surface area (Å²) in [5.41, 5.74) is 4.81. The highest BCUT2D eigenvalue weighted by molar-refractivity contribution is 6.06. The van der Waals surface area contributed by atoms with Crippen molar-refractivity contribution in [1.82, 2.24) is 19.9 Å². The van der Waals surface area contributed by atoms with Gasteiger partial charge in [-0.05, 0) is 36.4 Å². The van der Waals surface area contributed by atoms with E-state index in [1.165, 1.54) is 0 Å². The molecule has 0 bridgehead atoms. The Morgan fingerprint density at radius 3 is 2.75 bits per heavy atom. The third-order valence-corrected chi connectivity index (χ3v) is 3.99. The summed E-state index contributed by atoms with van der Waals surface area (Å²) in [6, 6.07) is 11.1. The molecule has 0 fully saturated rings. The molecule has 1 amide bonds. The topological polar surface area (TPSA) is 86.5 Å². The van der Waals surface area contributed by atoms with E-state index in [1.54, 1.807) is 18.5 Å². The molecule has 0 saturated heterocycles. The van der Waals surface area contributed by atoms with Crippen molar-refractivity contribution in [3.8, 4) is 0 Å². The highest BCUT2D eigenvalue weighted by Crippen LogP contribution is 2.21. The standard InChI is InChI=1S/C18H17N5O/c1-10(2)17-22-14-6-4-12(8-16(14)23-17)21-18(24)11-3-5-13-15(7-11)20-9-19-13/h3-10H,1-2H3,(H,19,20)(H,21,24)(H,22,23). The molecule has 2 heterocycles. The van der Waals surface area contributed by atoms with E-state index in [-0.39, 0.29) is 5.91 Å². The van der Waals surface area contributed by atoms with Crippen LogP contribution in [0.2, 0.25) is 0 Å². The van der Waals surface area contributed by atoms with Crippen LogP contribution in [-0.2, 0) is 0 Å². The number of amides is 1. The Morgan fingerprint density at radius 1 is 1.08 bits per heavy atom. The summed E-state index contributed by atoms with van der Waals surface area (Å²) in [5.74, 6) is 1.11. The summed E-state index contributed by atoms with van der Waals surface area (Å²) in [4.78, 5) is 27.5. The maximum Gasteiger partial charge on any atom is 0.255 e. The maximum absolute atomic E-state index is 12.5. The van der Waals surface area contributed by atoms with Gasteiger partial charge >= 0.3 is 0 Å². The van der Waals surface area contributed by atoms with Crippen molar-refractivity contribution in [2.75, 3.05) is 5.32 Å². The number of hydrogen-bond acceptors (Lipinski definition) is 3. The predicted molar refractivity (Wildman–Crippen MR) is 94.2 cm³/mol. The van der Waals surface area contributed by atoms with Crippen molar-refractivity contribution < 1.29 is 4.79 Å². The third-order valence-electron chi connectivity index (χ3n) is 3.99. The second kappa shape index (κ2) is 5.49. The minimum Gasteiger partial charge on any atom is -0.345 e. The molecule has 0 aliphatic rings. The molecule has 24 heavy (non-hydrogen) atoms. The van der Waals surface area contributed by atoms with Crippen LogP contribution in [-0.4, -0.2) is 25.8 Å². The van der Waals surface area contributed by atoms with Crippen LogP contribution in [0.4, 0.5) is 5.69 Å². The number of aromatic nitrogens is 4. The Kier molecular flexibility index (Phi) is 3.30. The van der Waals surface area contributed by atoms with Gasteiger partial charge in [0.15, 0.2) is 0 Å². The molecule has 0 saturated carbocycles. The van der Waals surface area contributed by atoms with Crippen LogP contribution in [0.3, 0.4) is 0 Å². The molecule has 6 heteroatoms. The molecule has 0 atom stereocenters. The van der Waals surface area contributed by atoms with E-state index >= 15 is 0 Å². The monoisotopic (exact) mass is 319 g/mol. The van der Waals surface area contributed by atoms with Gasteiger partial charge in [-0.25, -0.2) is 9.97 Å². The lowest BCUT2D eigenvalue weighted by molar-refractivity contribution is 0.102. The zero-order chi connectivity index (χ0) is 16.7.